The monoisotopic (exact) mass is 333 g/mol. The van der Waals surface area contributed by atoms with Gasteiger partial charge in [0.25, 0.3) is 0 Å². The lowest BCUT2D eigenvalue weighted by molar-refractivity contribution is 0.151. The summed E-state index contributed by atoms with van der Waals surface area (Å²) in [6.45, 7) is 4.23. The third-order valence-corrected chi connectivity index (χ3v) is 5.05. The van der Waals surface area contributed by atoms with Crippen molar-refractivity contribution >= 4 is 27.5 Å². The molecular weight excluding hydrogens is 314 g/mol. The van der Waals surface area contributed by atoms with Crippen LogP contribution in [0.4, 0.5) is 0 Å². The summed E-state index contributed by atoms with van der Waals surface area (Å²) >= 11 is 9.77. The van der Waals surface area contributed by atoms with E-state index in [2.05, 4.69) is 32.9 Å². The van der Waals surface area contributed by atoms with Crippen molar-refractivity contribution in [2.45, 2.75) is 45.2 Å². The van der Waals surface area contributed by atoms with Gasteiger partial charge in [0.2, 0.25) is 0 Å². The topological polar surface area (TPSA) is 21.1 Å². The summed E-state index contributed by atoms with van der Waals surface area (Å²) in [6.07, 6.45) is 4.77. The number of rotatable bonds is 4. The SMILES string of the molecule is CCc1nn(C)c(CN2CCCCC2CCl)c1Br. The first-order valence-electron chi connectivity index (χ1n) is 6.67. The van der Waals surface area contributed by atoms with Gasteiger partial charge >= 0.3 is 0 Å². The molecule has 1 atom stereocenters. The highest BCUT2D eigenvalue weighted by molar-refractivity contribution is 9.10. The van der Waals surface area contributed by atoms with Gasteiger partial charge in [-0.25, -0.2) is 0 Å². The smallest absolute Gasteiger partial charge is 0.0767 e. The van der Waals surface area contributed by atoms with E-state index >= 15 is 0 Å². The van der Waals surface area contributed by atoms with Crippen LogP contribution in [0.15, 0.2) is 4.47 Å². The molecule has 0 radical (unpaired) electrons. The summed E-state index contributed by atoms with van der Waals surface area (Å²) in [5.41, 5.74) is 2.41. The van der Waals surface area contributed by atoms with Gasteiger partial charge < -0.3 is 0 Å². The molecular formula is C13H21BrClN3. The van der Waals surface area contributed by atoms with Gasteiger partial charge in [0.15, 0.2) is 0 Å². The lowest BCUT2D eigenvalue weighted by Gasteiger charge is -2.34. The van der Waals surface area contributed by atoms with Crippen LogP contribution in [0.2, 0.25) is 0 Å². The number of nitrogens with zero attached hydrogens (tertiary/aromatic N) is 3. The number of aromatic nitrogens is 2. The molecule has 102 valence electrons. The highest BCUT2D eigenvalue weighted by Crippen LogP contribution is 2.26. The van der Waals surface area contributed by atoms with E-state index in [0.29, 0.717) is 6.04 Å². The Kier molecular flexibility index (Phi) is 5.10. The van der Waals surface area contributed by atoms with E-state index in [1.165, 1.54) is 29.4 Å². The van der Waals surface area contributed by atoms with Gasteiger partial charge in [-0.15, -0.1) is 11.6 Å². The molecule has 0 aliphatic carbocycles. The van der Waals surface area contributed by atoms with Crippen molar-refractivity contribution in [1.82, 2.24) is 14.7 Å². The first-order valence-corrected chi connectivity index (χ1v) is 8.00. The van der Waals surface area contributed by atoms with Crippen LogP contribution in [0.1, 0.15) is 37.6 Å². The van der Waals surface area contributed by atoms with Crippen molar-refractivity contribution in [3.63, 3.8) is 0 Å². The fourth-order valence-electron chi connectivity index (χ4n) is 2.63. The molecule has 1 unspecified atom stereocenters. The van der Waals surface area contributed by atoms with Crippen LogP contribution >= 0.6 is 27.5 Å². The molecule has 0 N–H and O–H groups in total. The van der Waals surface area contributed by atoms with Crippen molar-refractivity contribution in [3.8, 4) is 0 Å². The van der Waals surface area contributed by atoms with Crippen LogP contribution in [-0.4, -0.2) is 33.1 Å². The molecule has 0 aromatic carbocycles. The second-order valence-electron chi connectivity index (χ2n) is 4.96. The number of likely N-dealkylation sites (tertiary alicyclic amines) is 1. The second-order valence-corrected chi connectivity index (χ2v) is 6.06. The standard InChI is InChI=1S/C13H21BrClN3/c1-3-11-13(14)12(17(2)16-11)9-18-7-5-4-6-10(18)8-15/h10H,3-9H2,1-2H3. The van der Waals surface area contributed by atoms with Crippen molar-refractivity contribution in [2.75, 3.05) is 12.4 Å². The Morgan fingerprint density at radius 2 is 2.22 bits per heavy atom. The molecule has 1 aliphatic rings. The molecule has 2 heterocycles. The molecule has 1 saturated heterocycles. The van der Waals surface area contributed by atoms with Crippen LogP contribution in [-0.2, 0) is 20.0 Å². The van der Waals surface area contributed by atoms with E-state index < -0.39 is 0 Å². The Hall–Kier alpha value is -0.0600. The minimum Gasteiger partial charge on any atom is -0.293 e. The summed E-state index contributed by atoms with van der Waals surface area (Å²) in [5.74, 6) is 0.732. The zero-order valence-corrected chi connectivity index (χ0v) is 13.5. The largest absolute Gasteiger partial charge is 0.293 e. The Morgan fingerprint density at radius 1 is 1.44 bits per heavy atom. The molecule has 0 bridgehead atoms. The van der Waals surface area contributed by atoms with Crippen LogP contribution in [0, 0.1) is 0 Å². The zero-order chi connectivity index (χ0) is 13.1. The number of hydrogen-bond acceptors (Lipinski definition) is 2. The maximum absolute atomic E-state index is 6.08. The fourth-order valence-corrected chi connectivity index (χ4v) is 3.72. The van der Waals surface area contributed by atoms with Crippen LogP contribution < -0.4 is 0 Å². The molecule has 0 spiro atoms. The number of halogens is 2. The van der Waals surface area contributed by atoms with Crippen molar-refractivity contribution in [1.29, 1.82) is 0 Å². The van der Waals surface area contributed by atoms with Gasteiger partial charge in [0, 0.05) is 25.5 Å². The highest BCUT2D eigenvalue weighted by atomic mass is 79.9. The molecule has 3 nitrogen and oxygen atoms in total. The van der Waals surface area contributed by atoms with Crippen molar-refractivity contribution in [3.05, 3.63) is 15.9 Å². The maximum Gasteiger partial charge on any atom is 0.0767 e. The third kappa shape index (κ3) is 2.91. The summed E-state index contributed by atoms with van der Waals surface area (Å²) in [4.78, 5) is 2.50. The number of aryl methyl sites for hydroxylation is 2. The van der Waals surface area contributed by atoms with Gasteiger partial charge in [0.1, 0.15) is 0 Å². The average Bonchev–Trinajstić information content (AvgIpc) is 2.66. The summed E-state index contributed by atoms with van der Waals surface area (Å²) in [5, 5.41) is 4.56. The molecule has 0 saturated carbocycles. The van der Waals surface area contributed by atoms with Crippen LogP contribution in [0.5, 0.6) is 0 Å². The Labute approximate surface area is 123 Å². The molecule has 1 fully saturated rings. The first-order chi connectivity index (χ1) is 8.67. The second kappa shape index (κ2) is 6.40. The molecule has 1 aliphatic heterocycles. The lowest BCUT2D eigenvalue weighted by atomic mass is 10.0. The summed E-state index contributed by atoms with van der Waals surface area (Å²) in [7, 11) is 2.03. The Morgan fingerprint density at radius 3 is 2.83 bits per heavy atom. The van der Waals surface area contributed by atoms with Crippen LogP contribution in [0.25, 0.3) is 0 Å². The highest BCUT2D eigenvalue weighted by Gasteiger charge is 2.24. The molecule has 1 aromatic rings. The van der Waals surface area contributed by atoms with E-state index in [-0.39, 0.29) is 0 Å². The molecule has 18 heavy (non-hydrogen) atoms. The fraction of sp³-hybridized carbons (Fsp3) is 0.769. The van der Waals surface area contributed by atoms with Gasteiger partial charge in [-0.3, -0.25) is 9.58 Å². The zero-order valence-electron chi connectivity index (χ0n) is 11.1. The normalized spacial score (nSPS) is 21.4. The Bertz CT molecular complexity index is 405. The van der Waals surface area contributed by atoms with Gasteiger partial charge in [-0.1, -0.05) is 13.3 Å². The average molecular weight is 335 g/mol. The number of piperidine rings is 1. The van der Waals surface area contributed by atoms with E-state index in [4.69, 9.17) is 11.6 Å². The Balaban J connectivity index is 2.15. The van der Waals surface area contributed by atoms with E-state index in [1.807, 2.05) is 11.7 Å². The quantitative estimate of drug-likeness (QED) is 0.788. The van der Waals surface area contributed by atoms with Gasteiger partial charge in [0.05, 0.1) is 15.9 Å². The van der Waals surface area contributed by atoms with E-state index in [9.17, 15) is 0 Å². The van der Waals surface area contributed by atoms with Gasteiger partial charge in [-0.2, -0.15) is 5.10 Å². The van der Waals surface area contributed by atoms with Crippen molar-refractivity contribution in [2.24, 2.45) is 7.05 Å². The molecule has 5 heteroatoms. The lowest BCUT2D eigenvalue weighted by Crippen LogP contribution is -2.40. The molecule has 2 rings (SSSR count). The maximum atomic E-state index is 6.08. The van der Waals surface area contributed by atoms with E-state index in [0.717, 1.165) is 31.1 Å². The molecule has 0 amide bonds. The molecule has 1 aromatic heterocycles. The summed E-state index contributed by atoms with van der Waals surface area (Å²) < 4.78 is 3.18. The minimum atomic E-state index is 0.521. The van der Waals surface area contributed by atoms with E-state index in [1.54, 1.807) is 0 Å². The summed E-state index contributed by atoms with van der Waals surface area (Å²) in [6, 6.07) is 0.521. The van der Waals surface area contributed by atoms with Crippen molar-refractivity contribution < 1.29 is 0 Å². The van der Waals surface area contributed by atoms with Crippen LogP contribution in [0.3, 0.4) is 0 Å². The third-order valence-electron chi connectivity index (χ3n) is 3.78. The van der Waals surface area contributed by atoms with Gasteiger partial charge in [-0.05, 0) is 41.7 Å². The predicted molar refractivity (Wildman–Crippen MR) is 79.1 cm³/mol. The number of hydrogen-bond donors (Lipinski definition) is 0. The minimum absolute atomic E-state index is 0.521. The first kappa shape index (κ1) is 14.4. The predicted octanol–water partition coefficient (Wildman–Crippen LogP) is 3.34. The number of alkyl halides is 1.